The van der Waals surface area contributed by atoms with Crippen LogP contribution in [0.15, 0.2) is 30.3 Å². The molecule has 1 nitrogen and oxygen atoms in total. The summed E-state index contributed by atoms with van der Waals surface area (Å²) in [6, 6.07) is 10.5. The molecule has 0 heterocycles. The number of rotatable bonds is 4. The third-order valence-electron chi connectivity index (χ3n) is 3.78. The summed E-state index contributed by atoms with van der Waals surface area (Å²) in [7, 11) is -1.15. The van der Waals surface area contributed by atoms with Gasteiger partial charge in [0.15, 0.2) is 0 Å². The molecule has 0 spiro atoms. The van der Waals surface area contributed by atoms with E-state index in [-0.39, 0.29) is 5.60 Å². The fourth-order valence-electron chi connectivity index (χ4n) is 2.69. The lowest BCUT2D eigenvalue weighted by Crippen LogP contribution is -2.26. The van der Waals surface area contributed by atoms with Gasteiger partial charge in [-0.2, -0.15) is 0 Å². The van der Waals surface area contributed by atoms with Crippen LogP contribution in [0.2, 0.25) is 25.2 Å². The first kappa shape index (κ1) is 11.9. The van der Waals surface area contributed by atoms with E-state index in [4.69, 9.17) is 0 Å². The molecule has 1 aliphatic carbocycles. The van der Waals surface area contributed by atoms with Gasteiger partial charge in [-0.25, -0.2) is 0 Å². The van der Waals surface area contributed by atoms with E-state index in [0.717, 1.165) is 19.3 Å². The summed E-state index contributed by atoms with van der Waals surface area (Å²) in [5.41, 5.74) is 1.63. The smallest absolute Gasteiger partial charge is 0.0657 e. The lowest BCUT2D eigenvalue weighted by molar-refractivity contribution is 0.139. The van der Waals surface area contributed by atoms with Crippen LogP contribution < -0.4 is 0 Å². The molecule has 88 valence electrons. The van der Waals surface area contributed by atoms with Crippen LogP contribution >= 0.6 is 0 Å². The van der Waals surface area contributed by atoms with Crippen molar-refractivity contribution >= 4 is 8.07 Å². The number of hydrogen-bond acceptors (Lipinski definition) is 1. The van der Waals surface area contributed by atoms with E-state index in [2.05, 4.69) is 43.9 Å². The second-order valence-electron chi connectivity index (χ2n) is 6.21. The molecular formula is C14H22OSi. The minimum Gasteiger partial charge on any atom is -0.390 e. The monoisotopic (exact) mass is 234 g/mol. The Balaban J connectivity index is 1.89. The topological polar surface area (TPSA) is 20.2 Å². The fourth-order valence-corrected chi connectivity index (χ4v) is 5.41. The molecular weight excluding hydrogens is 212 g/mol. The minimum atomic E-state index is -1.15. The summed E-state index contributed by atoms with van der Waals surface area (Å²) in [6.07, 6.45) is 2.99. The van der Waals surface area contributed by atoms with Crippen molar-refractivity contribution in [1.29, 1.82) is 0 Å². The Labute approximate surface area is 99.5 Å². The molecule has 1 fully saturated rings. The third kappa shape index (κ3) is 2.55. The maximum absolute atomic E-state index is 10.4. The Hall–Kier alpha value is -0.603. The van der Waals surface area contributed by atoms with Gasteiger partial charge < -0.3 is 5.11 Å². The number of aryl methyl sites for hydroxylation is 1. The van der Waals surface area contributed by atoms with Crippen molar-refractivity contribution < 1.29 is 5.11 Å². The zero-order valence-corrected chi connectivity index (χ0v) is 11.5. The zero-order valence-electron chi connectivity index (χ0n) is 10.5. The number of benzene rings is 1. The minimum absolute atomic E-state index is 0.333. The van der Waals surface area contributed by atoms with Crippen molar-refractivity contribution in [3.63, 3.8) is 0 Å². The van der Waals surface area contributed by atoms with Gasteiger partial charge in [0, 0.05) is 0 Å². The van der Waals surface area contributed by atoms with Crippen LogP contribution in [0, 0.1) is 0 Å². The summed E-state index contributed by atoms with van der Waals surface area (Å²) in [5, 5.41) is 10.4. The van der Waals surface area contributed by atoms with E-state index in [1.54, 1.807) is 0 Å². The van der Waals surface area contributed by atoms with Crippen LogP contribution in [-0.4, -0.2) is 18.8 Å². The Morgan fingerprint density at radius 2 is 1.88 bits per heavy atom. The van der Waals surface area contributed by atoms with Gasteiger partial charge in [-0.1, -0.05) is 50.0 Å². The van der Waals surface area contributed by atoms with E-state index in [0.29, 0.717) is 5.54 Å². The molecule has 1 saturated carbocycles. The molecule has 1 aromatic rings. The summed E-state index contributed by atoms with van der Waals surface area (Å²) in [5.74, 6) is 0. The maximum Gasteiger partial charge on any atom is 0.0657 e. The molecule has 0 aromatic heterocycles. The van der Waals surface area contributed by atoms with Gasteiger partial charge in [0.1, 0.15) is 0 Å². The fraction of sp³-hybridized carbons (Fsp3) is 0.571. The summed E-state index contributed by atoms with van der Waals surface area (Å²) in [6.45, 7) is 7.08. The highest BCUT2D eigenvalue weighted by Crippen LogP contribution is 2.57. The molecule has 2 atom stereocenters. The van der Waals surface area contributed by atoms with Gasteiger partial charge in [-0.05, 0) is 30.4 Å². The van der Waals surface area contributed by atoms with Crippen LogP contribution in [0.4, 0.5) is 0 Å². The van der Waals surface area contributed by atoms with Crippen molar-refractivity contribution in [3.8, 4) is 0 Å². The number of hydrogen-bond donors (Lipinski definition) is 1. The van der Waals surface area contributed by atoms with Gasteiger partial charge in [0.2, 0.25) is 0 Å². The average Bonchev–Trinajstić information content (AvgIpc) is 2.90. The Morgan fingerprint density at radius 1 is 1.25 bits per heavy atom. The molecule has 1 aromatic carbocycles. The largest absolute Gasteiger partial charge is 0.390 e. The number of aliphatic hydroxyl groups is 1. The van der Waals surface area contributed by atoms with Crippen molar-refractivity contribution in [2.75, 3.05) is 0 Å². The molecule has 16 heavy (non-hydrogen) atoms. The predicted molar refractivity (Wildman–Crippen MR) is 71.4 cm³/mol. The van der Waals surface area contributed by atoms with Crippen molar-refractivity contribution in [2.24, 2.45) is 0 Å². The summed E-state index contributed by atoms with van der Waals surface area (Å²) < 4.78 is 0. The highest BCUT2D eigenvalue weighted by atomic mass is 28.3. The highest BCUT2D eigenvalue weighted by molar-refractivity contribution is 6.78. The second-order valence-corrected chi connectivity index (χ2v) is 11.6. The molecule has 0 amide bonds. The van der Waals surface area contributed by atoms with Crippen LogP contribution in [0.25, 0.3) is 0 Å². The Morgan fingerprint density at radius 3 is 2.38 bits per heavy atom. The van der Waals surface area contributed by atoms with Gasteiger partial charge in [0.05, 0.1) is 13.7 Å². The van der Waals surface area contributed by atoms with E-state index in [1.165, 1.54) is 5.56 Å². The van der Waals surface area contributed by atoms with Crippen molar-refractivity contribution in [3.05, 3.63) is 35.9 Å². The van der Waals surface area contributed by atoms with Crippen molar-refractivity contribution in [2.45, 2.75) is 50.0 Å². The SMILES string of the molecule is C[Si](C)(C)[C@@H]1C[C@]1(O)CCc1ccccc1. The van der Waals surface area contributed by atoms with Gasteiger partial charge >= 0.3 is 0 Å². The van der Waals surface area contributed by atoms with Crippen LogP contribution in [0.5, 0.6) is 0 Å². The van der Waals surface area contributed by atoms with Gasteiger partial charge in [0.25, 0.3) is 0 Å². The lowest BCUT2D eigenvalue weighted by Gasteiger charge is -2.19. The van der Waals surface area contributed by atoms with Crippen LogP contribution in [-0.2, 0) is 6.42 Å². The highest BCUT2D eigenvalue weighted by Gasteiger charge is 2.57. The maximum atomic E-state index is 10.4. The first-order chi connectivity index (χ1) is 7.42. The summed E-state index contributed by atoms with van der Waals surface area (Å²) in [4.78, 5) is 0. The lowest BCUT2D eigenvalue weighted by atomic mass is 10.1. The zero-order chi connectivity index (χ0) is 11.8. The standard InChI is InChI=1S/C14H22OSi/c1-16(2,3)13-11-14(13,15)10-9-12-7-5-4-6-8-12/h4-8,13,15H,9-11H2,1-3H3/t13-,14-/m1/s1. The normalized spacial score (nSPS) is 29.1. The van der Waals surface area contributed by atoms with E-state index >= 15 is 0 Å². The quantitative estimate of drug-likeness (QED) is 0.791. The van der Waals surface area contributed by atoms with E-state index in [1.807, 2.05) is 6.07 Å². The molecule has 0 aliphatic heterocycles. The first-order valence-electron chi connectivity index (χ1n) is 6.18. The van der Waals surface area contributed by atoms with E-state index < -0.39 is 8.07 Å². The summed E-state index contributed by atoms with van der Waals surface area (Å²) >= 11 is 0. The van der Waals surface area contributed by atoms with Crippen LogP contribution in [0.1, 0.15) is 18.4 Å². The molecule has 1 N–H and O–H groups in total. The molecule has 2 heteroatoms. The molecule has 0 bridgehead atoms. The van der Waals surface area contributed by atoms with Gasteiger partial charge in [-0.3, -0.25) is 0 Å². The van der Waals surface area contributed by atoms with Gasteiger partial charge in [-0.15, -0.1) is 0 Å². The van der Waals surface area contributed by atoms with Crippen LogP contribution in [0.3, 0.4) is 0 Å². The molecule has 0 radical (unpaired) electrons. The molecule has 2 rings (SSSR count). The molecule has 0 unspecified atom stereocenters. The molecule has 0 saturated heterocycles. The predicted octanol–water partition coefficient (Wildman–Crippen LogP) is 3.46. The Bertz CT molecular complexity index is 355. The molecule has 1 aliphatic rings. The Kier molecular flexibility index (Phi) is 2.97. The average molecular weight is 234 g/mol. The third-order valence-corrected chi connectivity index (χ3v) is 6.61. The van der Waals surface area contributed by atoms with Crippen molar-refractivity contribution in [1.82, 2.24) is 0 Å². The van der Waals surface area contributed by atoms with E-state index in [9.17, 15) is 5.11 Å². The second kappa shape index (κ2) is 4.01. The first-order valence-corrected chi connectivity index (χ1v) is 9.76.